The van der Waals surface area contributed by atoms with E-state index < -0.39 is 12.6 Å². The van der Waals surface area contributed by atoms with Crippen molar-refractivity contribution in [3.05, 3.63) is 59.7 Å². The molecule has 7 heteroatoms. The second-order valence-corrected chi connectivity index (χ2v) is 7.09. The quantitative estimate of drug-likeness (QED) is 0.358. The van der Waals surface area contributed by atoms with Crippen molar-refractivity contribution in [1.82, 2.24) is 0 Å². The maximum absolute atomic E-state index is 12.1. The third-order valence-corrected chi connectivity index (χ3v) is 4.89. The first-order chi connectivity index (χ1) is 13.9. The van der Waals surface area contributed by atoms with Crippen LogP contribution in [-0.4, -0.2) is 36.3 Å². The molecule has 29 heavy (non-hydrogen) atoms. The Morgan fingerprint density at radius 1 is 0.862 bits per heavy atom. The smallest absolute Gasteiger partial charge is 0.306 e. The Kier molecular flexibility index (Phi) is 8.61. The summed E-state index contributed by atoms with van der Waals surface area (Å²) in [7, 11) is 0. The molecule has 0 aliphatic heterocycles. The van der Waals surface area contributed by atoms with E-state index in [0.29, 0.717) is 23.2 Å². The van der Waals surface area contributed by atoms with Gasteiger partial charge in [-0.05, 0) is 42.7 Å². The first kappa shape index (κ1) is 22.4. The lowest BCUT2D eigenvalue weighted by molar-refractivity contribution is -0.142. The zero-order valence-electron chi connectivity index (χ0n) is 16.4. The van der Waals surface area contributed by atoms with Gasteiger partial charge in [0.1, 0.15) is 0 Å². The first-order valence-corrected chi connectivity index (χ1v) is 10.4. The number of anilines is 1. The van der Waals surface area contributed by atoms with Crippen molar-refractivity contribution < 1.29 is 23.9 Å². The molecule has 0 saturated heterocycles. The minimum Gasteiger partial charge on any atom is -0.457 e. The van der Waals surface area contributed by atoms with Gasteiger partial charge in [-0.1, -0.05) is 19.1 Å². The number of amides is 1. The van der Waals surface area contributed by atoms with E-state index in [-0.39, 0.29) is 30.3 Å². The number of benzene rings is 2. The van der Waals surface area contributed by atoms with E-state index in [2.05, 4.69) is 5.32 Å². The van der Waals surface area contributed by atoms with E-state index in [1.54, 1.807) is 55.1 Å². The minimum absolute atomic E-state index is 0.0253. The highest BCUT2D eigenvalue weighted by Crippen LogP contribution is 2.16. The highest BCUT2D eigenvalue weighted by molar-refractivity contribution is 7.98. The second kappa shape index (κ2) is 11.2. The topological polar surface area (TPSA) is 89.5 Å². The number of carbonyl (C=O) groups is 4. The van der Waals surface area contributed by atoms with Gasteiger partial charge in [0.15, 0.2) is 18.2 Å². The van der Waals surface area contributed by atoms with Crippen LogP contribution in [0.2, 0.25) is 0 Å². The molecule has 0 heterocycles. The van der Waals surface area contributed by atoms with Gasteiger partial charge in [0.05, 0.1) is 6.42 Å². The molecule has 0 aromatic heterocycles. The number of Topliss-reactive ketones (excluding diaryl/α,β-unsaturated/α-hetero) is 2. The SMILES string of the molecule is CCC(=O)Nc1ccc(C(=O)COC(=O)CCC(=O)c2ccc(SC)cc2)cc1. The molecule has 2 aromatic rings. The predicted molar refractivity (Wildman–Crippen MR) is 112 cm³/mol. The summed E-state index contributed by atoms with van der Waals surface area (Å²) in [5.74, 6) is -1.22. The number of hydrogen-bond acceptors (Lipinski definition) is 6. The fraction of sp³-hybridized carbons (Fsp3) is 0.273. The maximum Gasteiger partial charge on any atom is 0.306 e. The van der Waals surface area contributed by atoms with Gasteiger partial charge in [0, 0.05) is 34.6 Å². The molecule has 0 atom stereocenters. The largest absolute Gasteiger partial charge is 0.457 e. The standard InChI is InChI=1S/C22H23NO5S/c1-3-21(26)23-17-8-4-16(5-9-17)20(25)14-28-22(27)13-12-19(24)15-6-10-18(29-2)11-7-15/h4-11H,3,12-14H2,1-2H3,(H,23,26). The number of rotatable bonds is 10. The third-order valence-electron chi connectivity index (χ3n) is 4.14. The van der Waals surface area contributed by atoms with Crippen molar-refractivity contribution >= 4 is 40.9 Å². The lowest BCUT2D eigenvalue weighted by Crippen LogP contribution is -2.15. The lowest BCUT2D eigenvalue weighted by atomic mass is 10.1. The van der Waals surface area contributed by atoms with E-state index in [4.69, 9.17) is 4.74 Å². The molecular formula is C22H23NO5S. The molecule has 0 fully saturated rings. The summed E-state index contributed by atoms with van der Waals surface area (Å²) in [6, 6.07) is 13.5. The van der Waals surface area contributed by atoms with Crippen molar-refractivity contribution in [2.75, 3.05) is 18.2 Å². The Labute approximate surface area is 174 Å². The van der Waals surface area contributed by atoms with Crippen molar-refractivity contribution in [2.24, 2.45) is 0 Å². The lowest BCUT2D eigenvalue weighted by Gasteiger charge is -2.06. The third kappa shape index (κ3) is 7.19. The van der Waals surface area contributed by atoms with Gasteiger partial charge in [-0.2, -0.15) is 0 Å². The average Bonchev–Trinajstić information content (AvgIpc) is 2.76. The second-order valence-electron chi connectivity index (χ2n) is 6.21. The fourth-order valence-corrected chi connectivity index (χ4v) is 2.84. The number of carbonyl (C=O) groups excluding carboxylic acids is 4. The van der Waals surface area contributed by atoms with Gasteiger partial charge in [0.2, 0.25) is 5.91 Å². The van der Waals surface area contributed by atoms with E-state index in [9.17, 15) is 19.2 Å². The highest BCUT2D eigenvalue weighted by Gasteiger charge is 2.13. The van der Waals surface area contributed by atoms with Crippen molar-refractivity contribution in [3.63, 3.8) is 0 Å². The number of thioether (sulfide) groups is 1. The average molecular weight is 413 g/mol. The Morgan fingerprint density at radius 2 is 1.45 bits per heavy atom. The van der Waals surface area contributed by atoms with Crippen LogP contribution in [0.25, 0.3) is 0 Å². The van der Waals surface area contributed by atoms with E-state index in [0.717, 1.165) is 4.90 Å². The molecule has 0 bridgehead atoms. The molecule has 0 saturated carbocycles. The molecule has 2 aromatic carbocycles. The van der Waals surface area contributed by atoms with Gasteiger partial charge < -0.3 is 10.1 Å². The molecule has 0 radical (unpaired) electrons. The van der Waals surface area contributed by atoms with Crippen LogP contribution < -0.4 is 5.32 Å². The van der Waals surface area contributed by atoms with E-state index >= 15 is 0 Å². The summed E-state index contributed by atoms with van der Waals surface area (Å²) in [6.07, 6.45) is 2.25. The molecule has 0 aliphatic rings. The molecular weight excluding hydrogens is 390 g/mol. The van der Waals surface area contributed by atoms with E-state index in [1.807, 2.05) is 18.4 Å². The van der Waals surface area contributed by atoms with Crippen LogP contribution in [-0.2, 0) is 14.3 Å². The molecule has 1 amide bonds. The van der Waals surface area contributed by atoms with Gasteiger partial charge in [-0.25, -0.2) is 0 Å². The predicted octanol–water partition coefficient (Wildman–Crippen LogP) is 4.15. The Hall–Kier alpha value is -2.93. The van der Waals surface area contributed by atoms with Crippen LogP contribution >= 0.6 is 11.8 Å². The zero-order chi connectivity index (χ0) is 21.2. The summed E-state index contributed by atoms with van der Waals surface area (Å²) in [6.45, 7) is 1.35. The van der Waals surface area contributed by atoms with E-state index in [1.165, 1.54) is 0 Å². The Balaban J connectivity index is 1.77. The van der Waals surface area contributed by atoms with Crippen LogP contribution in [0.3, 0.4) is 0 Å². The Bertz CT molecular complexity index is 875. The van der Waals surface area contributed by atoms with Gasteiger partial charge in [-0.3, -0.25) is 19.2 Å². The van der Waals surface area contributed by atoms with Crippen LogP contribution in [0.15, 0.2) is 53.4 Å². The summed E-state index contributed by atoms with van der Waals surface area (Å²) >= 11 is 1.58. The Morgan fingerprint density at radius 3 is 2.03 bits per heavy atom. The highest BCUT2D eigenvalue weighted by atomic mass is 32.2. The van der Waals surface area contributed by atoms with Crippen LogP contribution in [0.1, 0.15) is 46.9 Å². The summed E-state index contributed by atoms with van der Waals surface area (Å²) in [5, 5.41) is 2.69. The molecule has 0 unspecified atom stereocenters. The summed E-state index contributed by atoms with van der Waals surface area (Å²) in [4.78, 5) is 48.5. The number of esters is 1. The van der Waals surface area contributed by atoms with Crippen LogP contribution in [0.4, 0.5) is 5.69 Å². The van der Waals surface area contributed by atoms with Crippen molar-refractivity contribution in [3.8, 4) is 0 Å². The number of hydrogen-bond donors (Lipinski definition) is 1. The number of ether oxygens (including phenoxy) is 1. The molecule has 6 nitrogen and oxygen atoms in total. The molecule has 0 spiro atoms. The van der Waals surface area contributed by atoms with Gasteiger partial charge >= 0.3 is 5.97 Å². The summed E-state index contributed by atoms with van der Waals surface area (Å²) in [5.41, 5.74) is 1.51. The van der Waals surface area contributed by atoms with Crippen molar-refractivity contribution in [2.45, 2.75) is 31.1 Å². The zero-order valence-corrected chi connectivity index (χ0v) is 17.2. The number of nitrogens with one attached hydrogen (secondary N) is 1. The van der Waals surface area contributed by atoms with Crippen molar-refractivity contribution in [1.29, 1.82) is 0 Å². The molecule has 152 valence electrons. The first-order valence-electron chi connectivity index (χ1n) is 9.19. The van der Waals surface area contributed by atoms with Gasteiger partial charge in [-0.15, -0.1) is 11.8 Å². The van der Waals surface area contributed by atoms with Crippen LogP contribution in [0.5, 0.6) is 0 Å². The summed E-state index contributed by atoms with van der Waals surface area (Å²) < 4.78 is 4.98. The normalized spacial score (nSPS) is 10.3. The maximum atomic E-state index is 12.1. The molecule has 1 N–H and O–H groups in total. The van der Waals surface area contributed by atoms with Crippen LogP contribution in [0, 0.1) is 0 Å². The fourth-order valence-electron chi connectivity index (χ4n) is 2.43. The molecule has 2 rings (SSSR count). The van der Waals surface area contributed by atoms with Gasteiger partial charge in [0.25, 0.3) is 0 Å². The monoisotopic (exact) mass is 413 g/mol. The molecule has 0 aliphatic carbocycles. The number of ketones is 2. The minimum atomic E-state index is -0.598.